The van der Waals surface area contributed by atoms with Crippen LogP contribution in [-0.2, 0) is 9.59 Å². The van der Waals surface area contributed by atoms with Crippen molar-refractivity contribution in [3.8, 4) is 0 Å². The smallest absolute Gasteiger partial charge is 0.243 e. The van der Waals surface area contributed by atoms with E-state index in [2.05, 4.69) is 29.6 Å². The molecule has 4 aliphatic rings. The molecule has 1 spiro atoms. The van der Waals surface area contributed by atoms with Gasteiger partial charge in [0.1, 0.15) is 6.04 Å². The topological polar surface area (TPSA) is 49.4 Å². The maximum absolute atomic E-state index is 13.7. The standard InChI is InChI=1S/C22H28N2O2S2/c25-18-8-5-12-28-19-14-22(10-3-4-11-22)20(24(18)19)21(26)23-16-9-13-27-17-7-2-1-6-15(16)17/h1-2,6-7,16,19-20H,3-5,8-14H2,(H,23,26)/t16-,19+,20-/m1/s1. The van der Waals surface area contributed by atoms with Gasteiger partial charge < -0.3 is 10.2 Å². The van der Waals surface area contributed by atoms with Gasteiger partial charge in [0.05, 0.1) is 11.4 Å². The number of rotatable bonds is 2. The Bertz CT molecular complexity index is 778. The second-order valence-electron chi connectivity index (χ2n) is 8.64. The van der Waals surface area contributed by atoms with Crippen LogP contribution in [0.2, 0.25) is 0 Å². The number of fused-ring (bicyclic) bond motifs is 2. The lowest BCUT2D eigenvalue weighted by Crippen LogP contribution is -2.53. The second kappa shape index (κ2) is 7.60. The van der Waals surface area contributed by atoms with Gasteiger partial charge >= 0.3 is 0 Å². The third kappa shape index (κ3) is 3.17. The molecule has 1 N–H and O–H groups in total. The first-order valence-corrected chi connectivity index (χ1v) is 12.7. The number of benzene rings is 1. The first kappa shape index (κ1) is 18.9. The summed E-state index contributed by atoms with van der Waals surface area (Å²) in [5.41, 5.74) is 1.23. The molecule has 3 fully saturated rings. The van der Waals surface area contributed by atoms with E-state index in [1.54, 1.807) is 0 Å². The molecule has 6 heteroatoms. The lowest BCUT2D eigenvalue weighted by atomic mass is 9.78. The number of hydrogen-bond donors (Lipinski definition) is 1. The molecular weight excluding hydrogens is 388 g/mol. The molecule has 0 radical (unpaired) electrons. The van der Waals surface area contributed by atoms with Gasteiger partial charge in [-0.15, -0.1) is 23.5 Å². The summed E-state index contributed by atoms with van der Waals surface area (Å²) in [5, 5.41) is 3.58. The van der Waals surface area contributed by atoms with Crippen molar-refractivity contribution < 1.29 is 9.59 Å². The summed E-state index contributed by atoms with van der Waals surface area (Å²) in [6.45, 7) is 0. The van der Waals surface area contributed by atoms with Crippen molar-refractivity contribution in [3.05, 3.63) is 29.8 Å². The van der Waals surface area contributed by atoms with Gasteiger partial charge in [-0.05, 0) is 49.5 Å². The van der Waals surface area contributed by atoms with Gasteiger partial charge in [0.15, 0.2) is 0 Å². The van der Waals surface area contributed by atoms with E-state index in [1.807, 2.05) is 28.4 Å². The zero-order valence-corrected chi connectivity index (χ0v) is 17.8. The molecule has 1 saturated carbocycles. The van der Waals surface area contributed by atoms with Crippen molar-refractivity contribution in [1.29, 1.82) is 0 Å². The van der Waals surface area contributed by atoms with Crippen LogP contribution in [0.5, 0.6) is 0 Å². The molecule has 4 nitrogen and oxygen atoms in total. The Balaban J connectivity index is 1.44. The number of carbonyl (C=O) groups is 2. The van der Waals surface area contributed by atoms with E-state index >= 15 is 0 Å². The van der Waals surface area contributed by atoms with Gasteiger partial charge in [-0.1, -0.05) is 31.0 Å². The van der Waals surface area contributed by atoms with Gasteiger partial charge in [0.2, 0.25) is 11.8 Å². The van der Waals surface area contributed by atoms with Crippen molar-refractivity contribution in [2.24, 2.45) is 5.41 Å². The van der Waals surface area contributed by atoms with E-state index in [4.69, 9.17) is 0 Å². The van der Waals surface area contributed by atoms with Crippen LogP contribution in [0.25, 0.3) is 0 Å². The lowest BCUT2D eigenvalue weighted by Gasteiger charge is -2.36. The molecule has 3 heterocycles. The van der Waals surface area contributed by atoms with E-state index in [0.717, 1.165) is 43.6 Å². The fraction of sp³-hybridized carbons (Fsp3) is 0.636. The van der Waals surface area contributed by atoms with Crippen LogP contribution < -0.4 is 5.32 Å². The molecule has 1 aromatic rings. The molecule has 1 aliphatic carbocycles. The van der Waals surface area contributed by atoms with E-state index in [-0.39, 0.29) is 34.7 Å². The maximum Gasteiger partial charge on any atom is 0.243 e. The number of amides is 2. The maximum atomic E-state index is 13.7. The highest BCUT2D eigenvalue weighted by atomic mass is 32.2. The van der Waals surface area contributed by atoms with E-state index < -0.39 is 0 Å². The molecule has 2 amide bonds. The predicted octanol–water partition coefficient (Wildman–Crippen LogP) is 4.35. The molecule has 2 saturated heterocycles. The van der Waals surface area contributed by atoms with Crippen LogP contribution in [0.15, 0.2) is 29.2 Å². The summed E-state index contributed by atoms with van der Waals surface area (Å²) >= 11 is 3.77. The van der Waals surface area contributed by atoms with Gasteiger partial charge in [-0.25, -0.2) is 0 Å². The molecule has 1 aromatic carbocycles. The van der Waals surface area contributed by atoms with Gasteiger partial charge in [0, 0.05) is 22.5 Å². The van der Waals surface area contributed by atoms with Crippen LogP contribution in [0, 0.1) is 5.41 Å². The van der Waals surface area contributed by atoms with Crippen LogP contribution >= 0.6 is 23.5 Å². The quantitative estimate of drug-likeness (QED) is 0.778. The molecule has 150 valence electrons. The normalized spacial score (nSPS) is 31.4. The average molecular weight is 417 g/mol. The summed E-state index contributed by atoms with van der Waals surface area (Å²) in [5.74, 6) is 2.34. The van der Waals surface area contributed by atoms with Gasteiger partial charge in [-0.2, -0.15) is 0 Å². The molecule has 28 heavy (non-hydrogen) atoms. The molecule has 0 unspecified atom stereocenters. The van der Waals surface area contributed by atoms with E-state index in [1.165, 1.54) is 23.3 Å². The van der Waals surface area contributed by atoms with Gasteiger partial charge in [0.25, 0.3) is 0 Å². The molecule has 5 rings (SSSR count). The highest BCUT2D eigenvalue weighted by molar-refractivity contribution is 8.00. The average Bonchev–Trinajstić information content (AvgIpc) is 3.25. The van der Waals surface area contributed by atoms with Crippen LogP contribution in [-0.4, -0.2) is 39.6 Å². The minimum Gasteiger partial charge on any atom is -0.347 e. The third-order valence-corrected chi connectivity index (χ3v) is 9.43. The predicted molar refractivity (Wildman–Crippen MR) is 114 cm³/mol. The first-order chi connectivity index (χ1) is 13.7. The van der Waals surface area contributed by atoms with Crippen molar-refractivity contribution in [2.75, 3.05) is 11.5 Å². The minimum atomic E-state index is -0.278. The Morgan fingerprint density at radius 3 is 2.82 bits per heavy atom. The Morgan fingerprint density at radius 1 is 1.14 bits per heavy atom. The fourth-order valence-corrected chi connectivity index (χ4v) is 8.30. The summed E-state index contributed by atoms with van der Waals surface area (Å²) in [4.78, 5) is 29.9. The Morgan fingerprint density at radius 2 is 1.96 bits per heavy atom. The minimum absolute atomic E-state index is 0.00230. The number of hydrogen-bond acceptors (Lipinski definition) is 4. The van der Waals surface area contributed by atoms with E-state index in [0.29, 0.717) is 6.42 Å². The van der Waals surface area contributed by atoms with Crippen LogP contribution in [0.4, 0.5) is 0 Å². The van der Waals surface area contributed by atoms with Crippen molar-refractivity contribution in [3.63, 3.8) is 0 Å². The largest absolute Gasteiger partial charge is 0.347 e. The number of thioether (sulfide) groups is 2. The second-order valence-corrected chi connectivity index (χ2v) is 11.1. The lowest BCUT2D eigenvalue weighted by molar-refractivity contribution is -0.141. The van der Waals surface area contributed by atoms with E-state index in [9.17, 15) is 9.59 Å². The van der Waals surface area contributed by atoms with Crippen molar-refractivity contribution >= 4 is 35.3 Å². The Hall–Kier alpha value is -1.14. The van der Waals surface area contributed by atoms with Crippen molar-refractivity contribution in [2.45, 2.75) is 73.7 Å². The number of nitrogens with one attached hydrogen (secondary N) is 1. The van der Waals surface area contributed by atoms with Crippen LogP contribution in [0.1, 0.15) is 63.0 Å². The molecule has 3 aliphatic heterocycles. The summed E-state index contributed by atoms with van der Waals surface area (Å²) in [7, 11) is 0. The zero-order valence-electron chi connectivity index (χ0n) is 16.2. The van der Waals surface area contributed by atoms with Crippen LogP contribution in [0.3, 0.4) is 0 Å². The Labute approximate surface area is 175 Å². The molecule has 0 bridgehead atoms. The highest BCUT2D eigenvalue weighted by Gasteiger charge is 2.58. The first-order valence-electron chi connectivity index (χ1n) is 10.6. The molecule has 3 atom stereocenters. The summed E-state index contributed by atoms with van der Waals surface area (Å²) in [6, 6.07) is 8.21. The van der Waals surface area contributed by atoms with Crippen molar-refractivity contribution in [1.82, 2.24) is 10.2 Å². The number of nitrogens with zero attached hydrogens (tertiary/aromatic N) is 1. The number of carbonyl (C=O) groups excluding carboxylic acids is 2. The monoisotopic (exact) mass is 416 g/mol. The fourth-order valence-electron chi connectivity index (χ4n) is 5.74. The zero-order chi connectivity index (χ0) is 19.1. The van der Waals surface area contributed by atoms with Gasteiger partial charge in [-0.3, -0.25) is 9.59 Å². The molecular formula is C22H28N2O2S2. The highest BCUT2D eigenvalue weighted by Crippen LogP contribution is 2.55. The SMILES string of the molecule is O=C(N[C@@H]1CCSc2ccccc21)[C@H]1N2C(=O)CCCS[C@H]2CC12CCCC2. The molecule has 0 aromatic heterocycles. The summed E-state index contributed by atoms with van der Waals surface area (Å²) in [6.07, 6.45) is 8.03. The third-order valence-electron chi connectivity index (χ3n) is 7.01. The summed E-state index contributed by atoms with van der Waals surface area (Å²) < 4.78 is 0. The Kier molecular flexibility index (Phi) is 5.12.